The number of carbonyl (C=O) groups excluding carboxylic acids is 1. The first-order valence-electron chi connectivity index (χ1n) is 8.74. The van der Waals surface area contributed by atoms with Gasteiger partial charge in [-0.1, -0.05) is 38.1 Å². The third-order valence-corrected chi connectivity index (χ3v) is 5.69. The lowest BCUT2D eigenvalue weighted by Crippen LogP contribution is -2.57. The van der Waals surface area contributed by atoms with Gasteiger partial charge in [-0.25, -0.2) is 0 Å². The van der Waals surface area contributed by atoms with E-state index in [4.69, 9.17) is 5.73 Å². The number of hydrogen-bond acceptors (Lipinski definition) is 3. The highest BCUT2D eigenvalue weighted by Gasteiger charge is 2.37. The zero-order chi connectivity index (χ0) is 16.6. The summed E-state index contributed by atoms with van der Waals surface area (Å²) in [5, 5.41) is 0. The van der Waals surface area contributed by atoms with Crippen molar-refractivity contribution in [2.75, 3.05) is 19.6 Å². The Balaban J connectivity index is 0.00000156. The molecule has 1 aromatic carbocycles. The van der Waals surface area contributed by atoms with Gasteiger partial charge in [0.15, 0.2) is 0 Å². The Morgan fingerprint density at radius 1 is 1.20 bits per heavy atom. The molecule has 2 aliphatic heterocycles. The molecule has 0 radical (unpaired) electrons. The lowest BCUT2D eigenvalue weighted by molar-refractivity contribution is -0.140. The number of halogens is 2. The van der Waals surface area contributed by atoms with Gasteiger partial charge in [-0.3, -0.25) is 9.69 Å². The predicted molar refractivity (Wildman–Crippen MR) is 107 cm³/mol. The van der Waals surface area contributed by atoms with E-state index in [9.17, 15) is 4.79 Å². The van der Waals surface area contributed by atoms with Gasteiger partial charge in [0, 0.05) is 32.2 Å². The fourth-order valence-corrected chi connectivity index (χ4v) is 3.83. The molecular formula is C19H31Cl2N3O. The summed E-state index contributed by atoms with van der Waals surface area (Å²) < 4.78 is 0. The molecule has 1 saturated heterocycles. The zero-order valence-electron chi connectivity index (χ0n) is 15.4. The van der Waals surface area contributed by atoms with Crippen LogP contribution in [-0.4, -0.2) is 47.4 Å². The Kier molecular flexibility index (Phi) is 7.75. The number of carbonyl (C=O) groups is 1. The molecule has 0 spiro atoms. The maximum atomic E-state index is 12.9. The normalized spacial score (nSPS) is 23.7. The highest BCUT2D eigenvalue weighted by atomic mass is 35.5. The highest BCUT2D eigenvalue weighted by molar-refractivity contribution is 5.85. The van der Waals surface area contributed by atoms with Crippen LogP contribution >= 0.6 is 24.8 Å². The van der Waals surface area contributed by atoms with Gasteiger partial charge in [-0.15, -0.1) is 24.8 Å². The molecule has 0 saturated carbocycles. The minimum Gasteiger partial charge on any atom is -0.341 e. The summed E-state index contributed by atoms with van der Waals surface area (Å²) in [5.74, 6) is 0.254. The summed E-state index contributed by atoms with van der Waals surface area (Å²) in [6.45, 7) is 9.77. The molecule has 2 aliphatic rings. The van der Waals surface area contributed by atoms with Crippen molar-refractivity contribution in [2.24, 2.45) is 11.1 Å². The Labute approximate surface area is 163 Å². The lowest BCUT2D eigenvalue weighted by atomic mass is 9.79. The van der Waals surface area contributed by atoms with Crippen molar-refractivity contribution in [2.45, 2.75) is 52.2 Å². The van der Waals surface area contributed by atoms with Gasteiger partial charge in [-0.05, 0) is 36.3 Å². The monoisotopic (exact) mass is 387 g/mol. The van der Waals surface area contributed by atoms with Gasteiger partial charge in [-0.2, -0.15) is 0 Å². The van der Waals surface area contributed by atoms with E-state index in [-0.39, 0.29) is 48.2 Å². The number of hydrogen-bond donors (Lipinski definition) is 1. The van der Waals surface area contributed by atoms with Crippen molar-refractivity contribution >= 4 is 30.7 Å². The number of fused-ring (bicyclic) bond motifs is 1. The second-order valence-corrected chi connectivity index (χ2v) is 7.81. The molecule has 0 aromatic heterocycles. The maximum Gasteiger partial charge on any atom is 0.239 e. The van der Waals surface area contributed by atoms with Crippen molar-refractivity contribution in [3.05, 3.63) is 35.4 Å². The summed E-state index contributed by atoms with van der Waals surface area (Å²) in [4.78, 5) is 17.3. The summed E-state index contributed by atoms with van der Waals surface area (Å²) in [5.41, 5.74) is 8.99. The molecule has 1 aromatic rings. The Morgan fingerprint density at radius 2 is 1.84 bits per heavy atom. The van der Waals surface area contributed by atoms with E-state index in [1.807, 2.05) is 4.90 Å². The molecule has 2 atom stereocenters. The van der Waals surface area contributed by atoms with Crippen molar-refractivity contribution in [3.63, 3.8) is 0 Å². The smallest absolute Gasteiger partial charge is 0.239 e. The quantitative estimate of drug-likeness (QED) is 0.848. The van der Waals surface area contributed by atoms with E-state index in [0.29, 0.717) is 0 Å². The van der Waals surface area contributed by atoms with Crippen molar-refractivity contribution in [1.82, 2.24) is 9.80 Å². The topological polar surface area (TPSA) is 49.6 Å². The fraction of sp³-hybridized carbons (Fsp3) is 0.632. The first-order valence-corrected chi connectivity index (χ1v) is 8.74. The number of likely N-dealkylation sites (tertiary alicyclic amines) is 1. The van der Waals surface area contributed by atoms with Crippen LogP contribution in [-0.2, 0) is 17.8 Å². The molecule has 25 heavy (non-hydrogen) atoms. The first kappa shape index (κ1) is 22.2. The Bertz CT molecular complexity index is 594. The van der Waals surface area contributed by atoms with Gasteiger partial charge < -0.3 is 10.6 Å². The molecule has 142 valence electrons. The average molecular weight is 388 g/mol. The van der Waals surface area contributed by atoms with Gasteiger partial charge in [0.2, 0.25) is 5.91 Å². The van der Waals surface area contributed by atoms with E-state index >= 15 is 0 Å². The van der Waals surface area contributed by atoms with Gasteiger partial charge in [0.1, 0.15) is 0 Å². The number of piperidine rings is 1. The number of nitrogens with zero attached hydrogens (tertiary/aromatic N) is 2. The van der Waals surface area contributed by atoms with Gasteiger partial charge in [0.05, 0.1) is 6.04 Å². The number of nitrogens with two attached hydrogens (primary N) is 1. The summed E-state index contributed by atoms with van der Waals surface area (Å²) in [6, 6.07) is 8.69. The van der Waals surface area contributed by atoms with E-state index in [1.165, 1.54) is 11.1 Å². The third kappa shape index (κ3) is 4.68. The van der Waals surface area contributed by atoms with Gasteiger partial charge in [0.25, 0.3) is 0 Å². The molecular weight excluding hydrogens is 357 g/mol. The van der Waals surface area contributed by atoms with Crippen molar-refractivity contribution in [1.29, 1.82) is 0 Å². The Morgan fingerprint density at radius 3 is 2.48 bits per heavy atom. The van der Waals surface area contributed by atoms with E-state index in [1.54, 1.807) is 0 Å². The molecule has 2 heterocycles. The lowest BCUT2D eigenvalue weighted by Gasteiger charge is -2.44. The number of amides is 1. The van der Waals surface area contributed by atoms with Crippen LogP contribution in [0.1, 0.15) is 38.3 Å². The molecule has 1 fully saturated rings. The van der Waals surface area contributed by atoms with Crippen LogP contribution in [0.15, 0.2) is 24.3 Å². The van der Waals surface area contributed by atoms with Crippen LogP contribution in [0, 0.1) is 5.41 Å². The zero-order valence-corrected chi connectivity index (χ0v) is 17.0. The van der Waals surface area contributed by atoms with Crippen molar-refractivity contribution < 1.29 is 4.79 Å². The Hall–Kier alpha value is -0.810. The van der Waals surface area contributed by atoms with Crippen LogP contribution in [0.4, 0.5) is 0 Å². The van der Waals surface area contributed by atoms with Crippen LogP contribution in [0.25, 0.3) is 0 Å². The average Bonchev–Trinajstić information content (AvgIpc) is 2.55. The second kappa shape index (κ2) is 8.72. The molecule has 3 rings (SSSR count). The molecule has 0 bridgehead atoms. The summed E-state index contributed by atoms with van der Waals surface area (Å²) in [7, 11) is 0. The molecule has 2 N–H and O–H groups in total. The molecule has 2 unspecified atom stereocenters. The number of benzene rings is 1. The second-order valence-electron chi connectivity index (χ2n) is 7.81. The molecule has 1 amide bonds. The highest BCUT2D eigenvalue weighted by Crippen LogP contribution is 2.29. The van der Waals surface area contributed by atoms with E-state index in [0.717, 1.165) is 39.0 Å². The third-order valence-electron chi connectivity index (χ3n) is 5.69. The van der Waals surface area contributed by atoms with Gasteiger partial charge >= 0.3 is 0 Å². The SMILES string of the molecule is CC(C(=O)N1CCC(N)C(C)(C)C1)N1CCc2ccccc2C1.Cl.Cl. The molecule has 6 heteroatoms. The predicted octanol–water partition coefficient (Wildman–Crippen LogP) is 2.86. The first-order chi connectivity index (χ1) is 10.9. The summed E-state index contributed by atoms with van der Waals surface area (Å²) in [6.07, 6.45) is 1.93. The summed E-state index contributed by atoms with van der Waals surface area (Å²) >= 11 is 0. The molecule has 4 nitrogen and oxygen atoms in total. The minimum atomic E-state index is -0.0616. The minimum absolute atomic E-state index is 0. The van der Waals surface area contributed by atoms with Crippen LogP contribution in [0.3, 0.4) is 0 Å². The fourth-order valence-electron chi connectivity index (χ4n) is 3.83. The largest absolute Gasteiger partial charge is 0.341 e. The van der Waals surface area contributed by atoms with Crippen LogP contribution in [0.2, 0.25) is 0 Å². The van der Waals surface area contributed by atoms with E-state index < -0.39 is 0 Å². The van der Waals surface area contributed by atoms with Crippen molar-refractivity contribution in [3.8, 4) is 0 Å². The van der Waals surface area contributed by atoms with Crippen LogP contribution < -0.4 is 5.73 Å². The standard InChI is InChI=1S/C19H29N3O.2ClH/c1-14(18(23)22-11-9-17(20)19(2,3)13-22)21-10-8-15-6-4-5-7-16(15)12-21;;/h4-7,14,17H,8-13,20H2,1-3H3;2*1H. The number of rotatable bonds is 2. The molecule has 0 aliphatic carbocycles. The van der Waals surface area contributed by atoms with E-state index in [2.05, 4.69) is 49.9 Å². The van der Waals surface area contributed by atoms with Crippen LogP contribution in [0.5, 0.6) is 0 Å². The maximum absolute atomic E-state index is 12.9.